The second-order valence-corrected chi connectivity index (χ2v) is 5.75. The second kappa shape index (κ2) is 6.91. The fourth-order valence-corrected chi connectivity index (χ4v) is 2.13. The molecule has 2 aromatic rings. The molecule has 1 aromatic carbocycles. The number of nitrogens with one attached hydrogen (secondary N) is 1. The first kappa shape index (κ1) is 16.5. The standard InChI is InChI=1S/C13H14F3N3O2S/c1-8(2)7-22-12-19-18-11(20-12)17-9-3-5-10(6-4-9)21-13(14,15)16/h3-6,8H,7H2,1-2H3,(H,17,18). The summed E-state index contributed by atoms with van der Waals surface area (Å²) in [6, 6.07) is 5.41. The van der Waals surface area contributed by atoms with Gasteiger partial charge in [0.05, 0.1) is 0 Å². The van der Waals surface area contributed by atoms with Crippen molar-refractivity contribution in [1.82, 2.24) is 10.2 Å². The van der Waals surface area contributed by atoms with E-state index >= 15 is 0 Å². The van der Waals surface area contributed by atoms with Crippen LogP contribution in [-0.4, -0.2) is 22.3 Å². The van der Waals surface area contributed by atoms with Crippen molar-refractivity contribution < 1.29 is 22.3 Å². The van der Waals surface area contributed by atoms with E-state index in [1.54, 1.807) is 0 Å². The van der Waals surface area contributed by atoms with E-state index in [9.17, 15) is 13.2 Å². The number of nitrogens with zero attached hydrogens (tertiary/aromatic N) is 2. The zero-order valence-corrected chi connectivity index (χ0v) is 12.7. The van der Waals surface area contributed by atoms with Gasteiger partial charge in [0, 0.05) is 11.4 Å². The molecule has 0 aliphatic rings. The maximum Gasteiger partial charge on any atom is 0.573 e. The summed E-state index contributed by atoms with van der Waals surface area (Å²) < 4.78 is 45.3. The summed E-state index contributed by atoms with van der Waals surface area (Å²) in [5.74, 6) is 1.05. The second-order valence-electron chi connectivity index (χ2n) is 4.78. The maximum atomic E-state index is 12.0. The van der Waals surface area contributed by atoms with Gasteiger partial charge in [-0.2, -0.15) is 0 Å². The summed E-state index contributed by atoms with van der Waals surface area (Å²) >= 11 is 1.44. The molecule has 0 atom stereocenters. The van der Waals surface area contributed by atoms with E-state index in [2.05, 4.69) is 34.1 Å². The lowest BCUT2D eigenvalue weighted by Crippen LogP contribution is -2.16. The molecule has 0 fully saturated rings. The third kappa shape index (κ3) is 5.47. The Kier molecular flexibility index (Phi) is 5.17. The number of anilines is 2. The van der Waals surface area contributed by atoms with E-state index in [4.69, 9.17) is 4.42 Å². The molecule has 1 N–H and O–H groups in total. The lowest BCUT2D eigenvalue weighted by atomic mass is 10.3. The first-order chi connectivity index (χ1) is 10.3. The van der Waals surface area contributed by atoms with E-state index in [1.807, 2.05) is 0 Å². The third-order valence-electron chi connectivity index (χ3n) is 2.29. The van der Waals surface area contributed by atoms with Gasteiger partial charge in [-0.05, 0) is 30.2 Å². The van der Waals surface area contributed by atoms with Crippen LogP contribution in [0.15, 0.2) is 33.9 Å². The predicted molar refractivity (Wildman–Crippen MR) is 76.3 cm³/mol. The van der Waals surface area contributed by atoms with E-state index in [0.29, 0.717) is 16.8 Å². The molecule has 9 heteroatoms. The summed E-state index contributed by atoms with van der Waals surface area (Å²) in [5.41, 5.74) is 0.513. The van der Waals surface area contributed by atoms with Crippen LogP contribution in [0.25, 0.3) is 0 Å². The fraction of sp³-hybridized carbons (Fsp3) is 0.385. The topological polar surface area (TPSA) is 60.2 Å². The highest BCUT2D eigenvalue weighted by Crippen LogP contribution is 2.26. The van der Waals surface area contributed by atoms with Crippen molar-refractivity contribution in [3.05, 3.63) is 24.3 Å². The fourth-order valence-electron chi connectivity index (χ4n) is 1.42. The summed E-state index contributed by atoms with van der Waals surface area (Å²) in [4.78, 5) is 0. The lowest BCUT2D eigenvalue weighted by Gasteiger charge is -2.09. The van der Waals surface area contributed by atoms with Crippen molar-refractivity contribution >= 4 is 23.5 Å². The first-order valence-electron chi connectivity index (χ1n) is 6.41. The monoisotopic (exact) mass is 333 g/mol. The maximum absolute atomic E-state index is 12.0. The molecule has 1 heterocycles. The van der Waals surface area contributed by atoms with Crippen molar-refractivity contribution in [2.75, 3.05) is 11.1 Å². The minimum absolute atomic E-state index is 0.177. The van der Waals surface area contributed by atoms with Gasteiger partial charge in [0.25, 0.3) is 5.22 Å². The van der Waals surface area contributed by atoms with Gasteiger partial charge in [0.1, 0.15) is 5.75 Å². The van der Waals surface area contributed by atoms with Crippen LogP contribution >= 0.6 is 11.8 Å². The number of ether oxygens (including phenoxy) is 1. The number of aromatic nitrogens is 2. The molecule has 0 saturated carbocycles. The predicted octanol–water partition coefficient (Wildman–Crippen LogP) is 4.46. The third-order valence-corrected chi connectivity index (χ3v) is 3.53. The Labute approximate surface area is 129 Å². The van der Waals surface area contributed by atoms with Crippen LogP contribution in [0.3, 0.4) is 0 Å². The van der Waals surface area contributed by atoms with E-state index < -0.39 is 6.36 Å². The normalized spacial score (nSPS) is 11.7. The summed E-state index contributed by atoms with van der Waals surface area (Å²) in [7, 11) is 0. The minimum atomic E-state index is -4.70. The van der Waals surface area contributed by atoms with Crippen molar-refractivity contribution in [1.29, 1.82) is 0 Å². The lowest BCUT2D eigenvalue weighted by molar-refractivity contribution is -0.274. The van der Waals surface area contributed by atoms with Crippen molar-refractivity contribution in [2.45, 2.75) is 25.4 Å². The molecule has 0 unspecified atom stereocenters. The molecule has 22 heavy (non-hydrogen) atoms. The average molecular weight is 333 g/mol. The molecule has 0 bridgehead atoms. The van der Waals surface area contributed by atoms with Crippen LogP contribution in [0.5, 0.6) is 5.75 Å². The molecule has 0 amide bonds. The number of thioether (sulfide) groups is 1. The molecule has 0 aliphatic carbocycles. The molecule has 0 spiro atoms. The zero-order chi connectivity index (χ0) is 16.2. The van der Waals surface area contributed by atoms with Crippen molar-refractivity contribution in [2.24, 2.45) is 5.92 Å². The van der Waals surface area contributed by atoms with Gasteiger partial charge >= 0.3 is 12.4 Å². The van der Waals surface area contributed by atoms with Gasteiger partial charge < -0.3 is 14.5 Å². The largest absolute Gasteiger partial charge is 0.573 e. The Morgan fingerprint density at radius 2 is 1.91 bits per heavy atom. The number of hydrogen-bond donors (Lipinski definition) is 1. The molecule has 120 valence electrons. The van der Waals surface area contributed by atoms with Crippen molar-refractivity contribution in [3.8, 4) is 5.75 Å². The van der Waals surface area contributed by atoms with Crippen LogP contribution in [0.2, 0.25) is 0 Å². The Hall–Kier alpha value is -1.90. The highest BCUT2D eigenvalue weighted by atomic mass is 32.2. The quantitative estimate of drug-likeness (QED) is 0.788. The number of alkyl halides is 3. The Morgan fingerprint density at radius 3 is 2.50 bits per heavy atom. The van der Waals surface area contributed by atoms with Gasteiger partial charge in [-0.3, -0.25) is 0 Å². The minimum Gasteiger partial charge on any atom is -0.406 e. The first-order valence-corrected chi connectivity index (χ1v) is 7.39. The van der Waals surface area contributed by atoms with Gasteiger partial charge in [0.2, 0.25) is 0 Å². The van der Waals surface area contributed by atoms with Crippen molar-refractivity contribution in [3.63, 3.8) is 0 Å². The smallest absolute Gasteiger partial charge is 0.406 e. The number of rotatable bonds is 6. The molecular weight excluding hydrogens is 319 g/mol. The highest BCUT2D eigenvalue weighted by Gasteiger charge is 2.30. The molecule has 5 nitrogen and oxygen atoms in total. The average Bonchev–Trinajstić information content (AvgIpc) is 2.85. The number of halogens is 3. The van der Waals surface area contributed by atoms with Gasteiger partial charge in [-0.25, -0.2) is 0 Å². The van der Waals surface area contributed by atoms with Crippen LogP contribution in [0.1, 0.15) is 13.8 Å². The summed E-state index contributed by atoms with van der Waals surface area (Å²) in [6.07, 6.45) is -4.70. The molecule has 0 saturated heterocycles. The van der Waals surface area contributed by atoms with Crippen LogP contribution < -0.4 is 10.1 Å². The summed E-state index contributed by atoms with van der Waals surface area (Å²) in [6.45, 7) is 4.15. The molecule has 1 aromatic heterocycles. The molecular formula is C13H14F3N3O2S. The Morgan fingerprint density at radius 1 is 1.23 bits per heavy atom. The SMILES string of the molecule is CC(C)CSc1nnc(Nc2ccc(OC(F)(F)F)cc2)o1. The highest BCUT2D eigenvalue weighted by molar-refractivity contribution is 7.99. The Bertz CT molecular complexity index is 599. The Balaban J connectivity index is 1.93. The van der Waals surface area contributed by atoms with E-state index in [1.165, 1.54) is 36.0 Å². The van der Waals surface area contributed by atoms with Gasteiger partial charge in [0.15, 0.2) is 0 Å². The molecule has 2 rings (SSSR count). The number of hydrogen-bond acceptors (Lipinski definition) is 6. The number of benzene rings is 1. The molecule has 0 radical (unpaired) electrons. The molecule has 0 aliphatic heterocycles. The summed E-state index contributed by atoms with van der Waals surface area (Å²) in [5, 5.41) is 10.9. The van der Waals surface area contributed by atoms with E-state index in [-0.39, 0.29) is 11.8 Å². The van der Waals surface area contributed by atoms with E-state index in [0.717, 1.165) is 5.75 Å². The van der Waals surface area contributed by atoms with Crippen LogP contribution in [0, 0.1) is 5.92 Å². The van der Waals surface area contributed by atoms with Crippen LogP contribution in [-0.2, 0) is 0 Å². The van der Waals surface area contributed by atoms with Gasteiger partial charge in [-0.15, -0.1) is 13.2 Å². The zero-order valence-electron chi connectivity index (χ0n) is 11.8. The van der Waals surface area contributed by atoms with Crippen LogP contribution in [0.4, 0.5) is 24.9 Å². The van der Waals surface area contributed by atoms with Gasteiger partial charge in [-0.1, -0.05) is 35.8 Å².